The number of fused-ring (bicyclic) bond motifs is 1. The predicted molar refractivity (Wildman–Crippen MR) is 117 cm³/mol. The molecule has 0 fully saturated rings. The largest absolute Gasteiger partial charge is 0.497 e. The third kappa shape index (κ3) is 4.49. The van der Waals surface area contributed by atoms with Crippen LogP contribution in [0.3, 0.4) is 0 Å². The summed E-state index contributed by atoms with van der Waals surface area (Å²) < 4.78 is 5.19. The summed E-state index contributed by atoms with van der Waals surface area (Å²) in [4.78, 5) is 26.1. The lowest BCUT2D eigenvalue weighted by atomic mass is 10.1. The summed E-state index contributed by atoms with van der Waals surface area (Å²) in [7, 11) is 1.59. The van der Waals surface area contributed by atoms with E-state index in [0.29, 0.717) is 33.2 Å². The number of methoxy groups -OCH3 is 1. The van der Waals surface area contributed by atoms with Crippen LogP contribution < -0.4 is 15.4 Å². The van der Waals surface area contributed by atoms with E-state index in [2.05, 4.69) is 20.8 Å². The topological polar surface area (TPSA) is 96.1 Å². The maximum absolute atomic E-state index is 12.5. The first kappa shape index (κ1) is 19.7. The van der Waals surface area contributed by atoms with Crippen LogP contribution in [0.5, 0.6) is 5.75 Å². The third-order valence-corrected chi connectivity index (χ3v) is 5.56. The summed E-state index contributed by atoms with van der Waals surface area (Å²) in [6.45, 7) is 0.450. The fraction of sp³-hybridized carbons (Fsp3) is 0.136. The van der Waals surface area contributed by atoms with Gasteiger partial charge < -0.3 is 15.4 Å². The van der Waals surface area contributed by atoms with Gasteiger partial charge in [0.05, 0.1) is 23.8 Å². The molecule has 2 aromatic heterocycles. The Balaban J connectivity index is 1.42. The van der Waals surface area contributed by atoms with Gasteiger partial charge in [-0.25, -0.2) is 0 Å². The number of rotatable bonds is 7. The van der Waals surface area contributed by atoms with E-state index < -0.39 is 0 Å². The molecule has 0 aliphatic carbocycles. The molecule has 3 N–H and O–H groups in total. The second-order valence-electron chi connectivity index (χ2n) is 6.67. The van der Waals surface area contributed by atoms with E-state index in [4.69, 9.17) is 4.74 Å². The number of amides is 2. The molecule has 0 aliphatic rings. The van der Waals surface area contributed by atoms with Gasteiger partial charge in [-0.15, -0.1) is 11.3 Å². The minimum Gasteiger partial charge on any atom is -0.497 e. The Kier molecular flexibility index (Phi) is 5.76. The zero-order chi connectivity index (χ0) is 20.9. The van der Waals surface area contributed by atoms with Crippen LogP contribution >= 0.6 is 11.3 Å². The van der Waals surface area contributed by atoms with Crippen molar-refractivity contribution in [3.05, 3.63) is 76.7 Å². The first-order chi connectivity index (χ1) is 14.6. The number of thiophene rings is 1. The van der Waals surface area contributed by atoms with Crippen molar-refractivity contribution < 1.29 is 14.3 Å². The highest BCUT2D eigenvalue weighted by Gasteiger charge is 2.16. The molecule has 0 unspecified atom stereocenters. The van der Waals surface area contributed by atoms with Gasteiger partial charge in [0, 0.05) is 6.54 Å². The SMILES string of the molecule is COc1cccc(CC(=O)Nc2[nH]nc3sc(C(=O)NCc4ccccc4)cc23)c1. The van der Waals surface area contributed by atoms with E-state index in [9.17, 15) is 9.59 Å². The summed E-state index contributed by atoms with van der Waals surface area (Å²) in [6.07, 6.45) is 0.201. The molecule has 0 spiro atoms. The van der Waals surface area contributed by atoms with Gasteiger partial charge in [-0.2, -0.15) is 5.10 Å². The number of nitrogens with zero attached hydrogens (tertiary/aromatic N) is 1. The van der Waals surface area contributed by atoms with Crippen LogP contribution in [-0.4, -0.2) is 29.1 Å². The van der Waals surface area contributed by atoms with Crippen molar-refractivity contribution >= 4 is 39.2 Å². The first-order valence-electron chi connectivity index (χ1n) is 9.35. The lowest BCUT2D eigenvalue weighted by Gasteiger charge is -2.05. The normalized spacial score (nSPS) is 10.7. The smallest absolute Gasteiger partial charge is 0.261 e. The average Bonchev–Trinajstić information content (AvgIpc) is 3.35. The quantitative estimate of drug-likeness (QED) is 0.424. The van der Waals surface area contributed by atoms with Crippen LogP contribution in [0.15, 0.2) is 60.7 Å². The van der Waals surface area contributed by atoms with Crippen LogP contribution in [0.2, 0.25) is 0 Å². The van der Waals surface area contributed by atoms with Crippen molar-refractivity contribution in [3.8, 4) is 5.75 Å². The number of ether oxygens (including phenoxy) is 1. The van der Waals surface area contributed by atoms with Gasteiger partial charge in [0.25, 0.3) is 5.91 Å². The molecule has 7 nitrogen and oxygen atoms in total. The molecule has 152 valence electrons. The van der Waals surface area contributed by atoms with Crippen molar-refractivity contribution in [2.45, 2.75) is 13.0 Å². The Morgan fingerprint density at radius 2 is 1.87 bits per heavy atom. The third-order valence-electron chi connectivity index (χ3n) is 4.53. The molecule has 0 bridgehead atoms. The molecule has 0 atom stereocenters. The van der Waals surface area contributed by atoms with E-state index in [1.807, 2.05) is 54.6 Å². The van der Waals surface area contributed by atoms with Gasteiger partial charge in [-0.3, -0.25) is 14.7 Å². The van der Waals surface area contributed by atoms with Crippen molar-refractivity contribution in [1.82, 2.24) is 15.5 Å². The molecule has 0 aliphatic heterocycles. The number of hydrogen-bond acceptors (Lipinski definition) is 5. The number of nitrogens with one attached hydrogen (secondary N) is 3. The number of H-pyrrole nitrogens is 1. The predicted octanol–water partition coefficient (Wildman–Crippen LogP) is 3.74. The number of aromatic nitrogens is 2. The molecule has 2 aromatic carbocycles. The number of benzene rings is 2. The molecule has 2 amide bonds. The monoisotopic (exact) mass is 420 g/mol. The second kappa shape index (κ2) is 8.79. The summed E-state index contributed by atoms with van der Waals surface area (Å²) in [5.74, 6) is 0.829. The Bertz CT molecular complexity index is 1180. The van der Waals surface area contributed by atoms with Crippen molar-refractivity contribution in [2.75, 3.05) is 12.4 Å². The van der Waals surface area contributed by atoms with Crippen molar-refractivity contribution in [2.24, 2.45) is 0 Å². The van der Waals surface area contributed by atoms with Crippen LogP contribution in [-0.2, 0) is 17.8 Å². The Morgan fingerprint density at radius 1 is 1.07 bits per heavy atom. The number of hydrogen-bond donors (Lipinski definition) is 3. The molecular weight excluding hydrogens is 400 g/mol. The van der Waals surface area contributed by atoms with Crippen LogP contribution in [0.1, 0.15) is 20.8 Å². The van der Waals surface area contributed by atoms with Crippen molar-refractivity contribution in [3.63, 3.8) is 0 Å². The minimum absolute atomic E-state index is 0.171. The number of aromatic amines is 1. The maximum atomic E-state index is 12.5. The molecule has 0 saturated carbocycles. The first-order valence-corrected chi connectivity index (χ1v) is 10.2. The molecule has 0 radical (unpaired) electrons. The number of carbonyl (C=O) groups excluding carboxylic acids is 2. The van der Waals surface area contributed by atoms with Crippen molar-refractivity contribution in [1.29, 1.82) is 0 Å². The molecule has 4 aromatic rings. The summed E-state index contributed by atoms with van der Waals surface area (Å²) in [5.41, 5.74) is 1.87. The van der Waals surface area contributed by atoms with Gasteiger partial charge in [0.1, 0.15) is 16.4 Å². The number of carbonyl (C=O) groups is 2. The van der Waals surface area contributed by atoms with E-state index >= 15 is 0 Å². The Morgan fingerprint density at radius 3 is 2.67 bits per heavy atom. The Labute approximate surface area is 177 Å². The Hall–Kier alpha value is -3.65. The second-order valence-corrected chi connectivity index (χ2v) is 7.70. The van der Waals surface area contributed by atoms with Crippen LogP contribution in [0, 0.1) is 0 Å². The summed E-state index contributed by atoms with van der Waals surface area (Å²) >= 11 is 1.28. The lowest BCUT2D eigenvalue weighted by Crippen LogP contribution is -2.21. The fourth-order valence-electron chi connectivity index (χ4n) is 3.03. The molecule has 0 saturated heterocycles. The molecule has 8 heteroatoms. The van der Waals surface area contributed by atoms with Crippen LogP contribution in [0.4, 0.5) is 5.82 Å². The van der Waals surface area contributed by atoms with E-state index in [-0.39, 0.29) is 18.2 Å². The van der Waals surface area contributed by atoms with Gasteiger partial charge >= 0.3 is 0 Å². The van der Waals surface area contributed by atoms with Gasteiger partial charge in [-0.1, -0.05) is 42.5 Å². The molecule has 4 rings (SSSR count). The zero-order valence-corrected chi connectivity index (χ0v) is 17.1. The zero-order valence-electron chi connectivity index (χ0n) is 16.3. The molecule has 30 heavy (non-hydrogen) atoms. The number of anilines is 1. The van der Waals surface area contributed by atoms with Crippen LogP contribution in [0.25, 0.3) is 10.2 Å². The molecule has 2 heterocycles. The minimum atomic E-state index is -0.185. The van der Waals surface area contributed by atoms with E-state index in [1.165, 1.54) is 11.3 Å². The average molecular weight is 420 g/mol. The standard InChI is InChI=1S/C22H20N4O3S/c1-29-16-9-5-8-15(10-16)11-19(27)24-20-17-12-18(30-22(17)26-25-20)21(28)23-13-14-6-3-2-4-7-14/h2-10,12H,11,13H2,1H3,(H,23,28)(H2,24,25,26,27). The summed E-state index contributed by atoms with van der Waals surface area (Å²) in [6, 6.07) is 18.8. The highest BCUT2D eigenvalue weighted by molar-refractivity contribution is 7.20. The van der Waals surface area contributed by atoms with Gasteiger partial charge in [0.15, 0.2) is 0 Å². The van der Waals surface area contributed by atoms with E-state index in [1.54, 1.807) is 13.2 Å². The highest BCUT2D eigenvalue weighted by atomic mass is 32.1. The van der Waals surface area contributed by atoms with E-state index in [0.717, 1.165) is 11.1 Å². The van der Waals surface area contributed by atoms with Gasteiger partial charge in [-0.05, 0) is 29.3 Å². The summed E-state index contributed by atoms with van der Waals surface area (Å²) in [5, 5.41) is 13.5. The highest BCUT2D eigenvalue weighted by Crippen LogP contribution is 2.29. The van der Waals surface area contributed by atoms with Gasteiger partial charge in [0.2, 0.25) is 5.91 Å². The maximum Gasteiger partial charge on any atom is 0.261 e. The lowest BCUT2D eigenvalue weighted by molar-refractivity contribution is -0.115. The molecular formula is C22H20N4O3S. The fourth-order valence-corrected chi connectivity index (χ4v) is 3.95.